The largest absolute Gasteiger partial charge is 0.480 e. The summed E-state index contributed by atoms with van der Waals surface area (Å²) in [5.74, 6) is -0.411. The van der Waals surface area contributed by atoms with Gasteiger partial charge in [0.15, 0.2) is 0 Å². The summed E-state index contributed by atoms with van der Waals surface area (Å²) in [5.41, 5.74) is 0. The van der Waals surface area contributed by atoms with Crippen molar-refractivity contribution in [3.63, 3.8) is 0 Å². The van der Waals surface area contributed by atoms with Crippen LogP contribution in [0, 0.1) is 0 Å². The van der Waals surface area contributed by atoms with Crippen LogP contribution in [-0.2, 0) is 9.59 Å². The number of nitrogens with one attached hydrogen (secondary N) is 1. The number of hydrogen-bond acceptors (Lipinski definition) is 3. The molecule has 0 bridgehead atoms. The maximum absolute atomic E-state index is 10.9. The first kappa shape index (κ1) is 14.4. The smallest absolute Gasteiger partial charge is 0.326 e. The van der Waals surface area contributed by atoms with Crippen LogP contribution in [0.25, 0.3) is 0 Å². The van der Waals surface area contributed by atoms with Crippen molar-refractivity contribution >= 4 is 23.6 Å². The van der Waals surface area contributed by atoms with Crippen LogP contribution < -0.4 is 5.32 Å². The fraction of sp³-hybridized carbons (Fsp3) is 0.833. The zero-order valence-electron chi connectivity index (χ0n) is 10.3. The van der Waals surface area contributed by atoms with E-state index in [9.17, 15) is 9.59 Å². The molecule has 17 heavy (non-hydrogen) atoms. The SMILES string of the molecule is CC(=O)NC(CCSC1CCCCC1)C(=O)O. The number of carbonyl (C=O) groups excluding carboxylic acids is 1. The minimum absolute atomic E-state index is 0.278. The van der Waals surface area contributed by atoms with Gasteiger partial charge in [-0.05, 0) is 25.0 Å². The molecule has 0 radical (unpaired) electrons. The molecule has 1 aliphatic carbocycles. The zero-order chi connectivity index (χ0) is 12.7. The average molecular weight is 259 g/mol. The van der Waals surface area contributed by atoms with Gasteiger partial charge in [0.1, 0.15) is 6.04 Å². The van der Waals surface area contributed by atoms with Gasteiger partial charge in [0.25, 0.3) is 0 Å². The van der Waals surface area contributed by atoms with E-state index < -0.39 is 12.0 Å². The first-order valence-electron chi connectivity index (χ1n) is 6.21. The van der Waals surface area contributed by atoms with Crippen molar-refractivity contribution in [2.45, 2.75) is 56.7 Å². The number of carbonyl (C=O) groups is 2. The predicted molar refractivity (Wildman–Crippen MR) is 69.2 cm³/mol. The van der Waals surface area contributed by atoms with Crippen LogP contribution in [0.1, 0.15) is 45.4 Å². The van der Waals surface area contributed by atoms with Crippen molar-refractivity contribution in [3.8, 4) is 0 Å². The van der Waals surface area contributed by atoms with Crippen LogP contribution in [0.5, 0.6) is 0 Å². The summed E-state index contributed by atoms with van der Waals surface area (Å²) >= 11 is 1.86. The molecule has 0 aromatic heterocycles. The van der Waals surface area contributed by atoms with Crippen LogP contribution in [-0.4, -0.2) is 34.0 Å². The van der Waals surface area contributed by atoms with Crippen molar-refractivity contribution < 1.29 is 14.7 Å². The van der Waals surface area contributed by atoms with Gasteiger partial charge in [-0.25, -0.2) is 4.79 Å². The van der Waals surface area contributed by atoms with Gasteiger partial charge in [-0.2, -0.15) is 11.8 Å². The van der Waals surface area contributed by atoms with E-state index in [0.717, 1.165) is 5.75 Å². The van der Waals surface area contributed by atoms with Gasteiger partial charge in [-0.3, -0.25) is 4.79 Å². The highest BCUT2D eigenvalue weighted by atomic mass is 32.2. The minimum atomic E-state index is -0.940. The molecule has 0 spiro atoms. The summed E-state index contributed by atoms with van der Waals surface area (Å²) in [6.45, 7) is 1.35. The molecule has 1 atom stereocenters. The number of aliphatic carboxylic acids is 1. The molecule has 2 N–H and O–H groups in total. The fourth-order valence-electron chi connectivity index (χ4n) is 2.09. The third-order valence-corrected chi connectivity index (χ3v) is 4.40. The second-order valence-corrected chi connectivity index (χ2v) is 5.92. The molecule has 1 amide bonds. The maximum atomic E-state index is 10.9. The number of hydrogen-bond donors (Lipinski definition) is 2. The predicted octanol–water partition coefficient (Wildman–Crippen LogP) is 2.03. The van der Waals surface area contributed by atoms with Gasteiger partial charge in [-0.1, -0.05) is 19.3 Å². The fourth-order valence-corrected chi connectivity index (χ4v) is 3.46. The third-order valence-electron chi connectivity index (χ3n) is 2.99. The number of carboxylic acids is 1. The Bertz CT molecular complexity index is 264. The topological polar surface area (TPSA) is 66.4 Å². The molecule has 0 aromatic rings. The first-order valence-corrected chi connectivity index (χ1v) is 7.26. The van der Waals surface area contributed by atoms with E-state index in [1.165, 1.54) is 39.0 Å². The van der Waals surface area contributed by atoms with Crippen molar-refractivity contribution in [2.75, 3.05) is 5.75 Å². The normalized spacial score (nSPS) is 18.6. The summed E-state index contributed by atoms with van der Waals surface area (Å²) < 4.78 is 0. The maximum Gasteiger partial charge on any atom is 0.326 e. The number of amides is 1. The molecule has 1 saturated carbocycles. The van der Waals surface area contributed by atoms with Crippen molar-refractivity contribution in [1.29, 1.82) is 0 Å². The number of carboxylic acid groups (broad SMARTS) is 1. The molecular weight excluding hydrogens is 238 g/mol. The molecule has 0 aromatic carbocycles. The van der Waals surface area contributed by atoms with Crippen LogP contribution in [0.15, 0.2) is 0 Å². The Kier molecular flexibility index (Phi) is 6.40. The van der Waals surface area contributed by atoms with Crippen molar-refractivity contribution in [1.82, 2.24) is 5.32 Å². The van der Waals surface area contributed by atoms with Crippen molar-refractivity contribution in [2.24, 2.45) is 0 Å². The molecule has 0 heterocycles. The van der Waals surface area contributed by atoms with Gasteiger partial charge < -0.3 is 10.4 Å². The molecule has 0 aliphatic heterocycles. The van der Waals surface area contributed by atoms with Crippen LogP contribution in [0.2, 0.25) is 0 Å². The summed E-state index contributed by atoms with van der Waals surface area (Å²) in [4.78, 5) is 21.7. The Labute approximate surface area is 107 Å². The van der Waals surface area contributed by atoms with E-state index >= 15 is 0 Å². The lowest BCUT2D eigenvalue weighted by molar-refractivity contribution is -0.141. The summed E-state index contributed by atoms with van der Waals surface area (Å²) in [7, 11) is 0. The lowest BCUT2D eigenvalue weighted by Crippen LogP contribution is -2.40. The molecule has 4 nitrogen and oxygen atoms in total. The highest BCUT2D eigenvalue weighted by Gasteiger charge is 2.19. The van der Waals surface area contributed by atoms with Crippen LogP contribution in [0.3, 0.4) is 0 Å². The third kappa shape index (κ3) is 5.96. The Balaban J connectivity index is 2.21. The van der Waals surface area contributed by atoms with E-state index in [0.29, 0.717) is 11.7 Å². The first-order chi connectivity index (χ1) is 8.09. The number of rotatable bonds is 6. The summed E-state index contributed by atoms with van der Waals surface area (Å²) in [6, 6.07) is -0.733. The Hall–Kier alpha value is -0.710. The Morgan fingerprint density at radius 1 is 1.35 bits per heavy atom. The van der Waals surface area contributed by atoms with Crippen LogP contribution >= 0.6 is 11.8 Å². The second kappa shape index (κ2) is 7.58. The van der Waals surface area contributed by atoms with Gasteiger partial charge in [0, 0.05) is 12.2 Å². The molecule has 1 fully saturated rings. The van der Waals surface area contributed by atoms with Gasteiger partial charge in [0.2, 0.25) is 5.91 Å². The minimum Gasteiger partial charge on any atom is -0.480 e. The Morgan fingerprint density at radius 2 is 2.00 bits per heavy atom. The van der Waals surface area contributed by atoms with E-state index in [1.807, 2.05) is 11.8 Å². The lowest BCUT2D eigenvalue weighted by Gasteiger charge is -2.21. The van der Waals surface area contributed by atoms with Gasteiger partial charge >= 0.3 is 5.97 Å². The molecule has 1 aliphatic rings. The van der Waals surface area contributed by atoms with E-state index in [1.54, 1.807) is 0 Å². The molecule has 5 heteroatoms. The highest BCUT2D eigenvalue weighted by molar-refractivity contribution is 7.99. The standard InChI is InChI=1S/C12H21NO3S/c1-9(14)13-11(12(15)16)7-8-17-10-5-3-2-4-6-10/h10-11H,2-8H2,1H3,(H,13,14)(H,15,16). The van der Waals surface area contributed by atoms with Gasteiger partial charge in [-0.15, -0.1) is 0 Å². The van der Waals surface area contributed by atoms with E-state index in [-0.39, 0.29) is 5.91 Å². The monoisotopic (exact) mass is 259 g/mol. The summed E-state index contributed by atoms with van der Waals surface area (Å²) in [6.07, 6.45) is 6.94. The lowest BCUT2D eigenvalue weighted by atomic mass is 10.0. The molecule has 1 rings (SSSR count). The molecular formula is C12H21NO3S. The average Bonchev–Trinajstić information content (AvgIpc) is 2.28. The molecule has 0 saturated heterocycles. The number of thioether (sulfide) groups is 1. The van der Waals surface area contributed by atoms with Crippen molar-refractivity contribution in [3.05, 3.63) is 0 Å². The highest BCUT2D eigenvalue weighted by Crippen LogP contribution is 2.28. The second-order valence-electron chi connectivity index (χ2n) is 4.51. The van der Waals surface area contributed by atoms with E-state index in [4.69, 9.17) is 5.11 Å². The quantitative estimate of drug-likeness (QED) is 0.766. The van der Waals surface area contributed by atoms with Crippen LogP contribution in [0.4, 0.5) is 0 Å². The zero-order valence-corrected chi connectivity index (χ0v) is 11.1. The Morgan fingerprint density at radius 3 is 2.53 bits per heavy atom. The summed E-state index contributed by atoms with van der Waals surface area (Å²) in [5, 5.41) is 12.1. The van der Waals surface area contributed by atoms with Gasteiger partial charge in [0.05, 0.1) is 0 Å². The molecule has 98 valence electrons. The molecule has 1 unspecified atom stereocenters. The van der Waals surface area contributed by atoms with E-state index in [2.05, 4.69) is 5.32 Å².